The fourth-order valence-corrected chi connectivity index (χ4v) is 2.63. The van der Waals surface area contributed by atoms with Gasteiger partial charge in [0, 0.05) is 0 Å². The quantitative estimate of drug-likeness (QED) is 0.625. The molecular weight excluding hydrogens is 248 g/mol. The van der Waals surface area contributed by atoms with E-state index in [0.29, 0.717) is 0 Å². The molecule has 0 unspecified atom stereocenters. The van der Waals surface area contributed by atoms with Crippen LogP contribution in [0.4, 0.5) is 0 Å². The molecule has 0 spiro atoms. The van der Waals surface area contributed by atoms with E-state index in [1.165, 1.54) is 11.1 Å². The van der Waals surface area contributed by atoms with Crippen molar-refractivity contribution >= 4 is 33.1 Å². The third-order valence-corrected chi connectivity index (χ3v) is 3.32. The predicted octanol–water partition coefficient (Wildman–Crippen LogP) is 2.35. The minimum atomic E-state index is 0.0192. The summed E-state index contributed by atoms with van der Waals surface area (Å²) in [7, 11) is 0. The molecule has 1 aliphatic heterocycles. The van der Waals surface area contributed by atoms with Crippen LogP contribution < -0.4 is 0 Å². The summed E-state index contributed by atoms with van der Waals surface area (Å²) in [6.07, 6.45) is 4.47. The predicted molar refractivity (Wildman–Crippen MR) is 50.3 cm³/mol. The van der Waals surface area contributed by atoms with Gasteiger partial charge in [-0.1, -0.05) is 0 Å². The third kappa shape index (κ3) is 1.56. The number of fused-ring (bicyclic) bond motifs is 1. The Kier molecular flexibility index (Phi) is 2.12. The molecule has 0 saturated carbocycles. The van der Waals surface area contributed by atoms with Gasteiger partial charge >= 0.3 is 76.7 Å². The Morgan fingerprint density at radius 2 is 1.36 bits per heavy atom. The molecule has 0 nitrogen and oxygen atoms in total. The Labute approximate surface area is 76.7 Å². The monoisotopic (exact) mass is 258 g/mol. The van der Waals surface area contributed by atoms with Gasteiger partial charge in [0.2, 0.25) is 0 Å². The molecular formula is C10H8Te. The number of hydrogen-bond donors (Lipinski definition) is 0. The van der Waals surface area contributed by atoms with Crippen LogP contribution in [0.25, 0.3) is 12.2 Å². The molecule has 0 saturated heterocycles. The zero-order chi connectivity index (χ0) is 7.52. The zero-order valence-corrected chi connectivity index (χ0v) is 8.36. The molecule has 11 heavy (non-hydrogen) atoms. The molecule has 0 atom stereocenters. The number of rotatable bonds is 0. The topological polar surface area (TPSA) is 0 Å². The van der Waals surface area contributed by atoms with E-state index in [4.69, 9.17) is 0 Å². The van der Waals surface area contributed by atoms with Crippen molar-refractivity contribution in [1.82, 2.24) is 0 Å². The van der Waals surface area contributed by atoms with Gasteiger partial charge in [-0.05, 0) is 0 Å². The second kappa shape index (κ2) is 3.26. The average Bonchev–Trinajstić information content (AvgIpc) is 2.28. The van der Waals surface area contributed by atoms with Crippen LogP contribution in [0.5, 0.6) is 0 Å². The van der Waals surface area contributed by atoms with Gasteiger partial charge in [0.15, 0.2) is 0 Å². The van der Waals surface area contributed by atoms with Crippen LogP contribution in [0.3, 0.4) is 0 Å². The molecule has 1 heterocycles. The SMILES string of the molecule is C1=Cc2ccccc2C=C[Te]1. The Bertz CT molecular complexity index is 279. The van der Waals surface area contributed by atoms with Crippen LogP contribution in [0.15, 0.2) is 32.5 Å². The van der Waals surface area contributed by atoms with E-state index in [0.717, 1.165) is 0 Å². The zero-order valence-electron chi connectivity index (χ0n) is 6.03. The van der Waals surface area contributed by atoms with Crippen molar-refractivity contribution in [3.63, 3.8) is 0 Å². The average molecular weight is 256 g/mol. The van der Waals surface area contributed by atoms with Gasteiger partial charge in [-0.3, -0.25) is 0 Å². The molecule has 1 aromatic carbocycles. The van der Waals surface area contributed by atoms with Crippen molar-refractivity contribution in [3.8, 4) is 0 Å². The fourth-order valence-electron chi connectivity index (χ4n) is 1.08. The van der Waals surface area contributed by atoms with Crippen LogP contribution >= 0.6 is 0 Å². The van der Waals surface area contributed by atoms with E-state index >= 15 is 0 Å². The molecule has 54 valence electrons. The molecule has 0 aromatic heterocycles. The molecule has 0 N–H and O–H groups in total. The molecule has 0 amide bonds. The van der Waals surface area contributed by atoms with Crippen molar-refractivity contribution in [2.45, 2.75) is 0 Å². The molecule has 0 bridgehead atoms. The molecule has 2 rings (SSSR count). The van der Waals surface area contributed by atoms with Gasteiger partial charge in [0.1, 0.15) is 0 Å². The fraction of sp³-hybridized carbons (Fsp3) is 0. The summed E-state index contributed by atoms with van der Waals surface area (Å²) >= 11 is 0.0192. The minimum absolute atomic E-state index is 0.0192. The Hall–Kier alpha value is -0.510. The molecule has 1 heteroatoms. The maximum atomic E-state index is 2.31. The van der Waals surface area contributed by atoms with E-state index < -0.39 is 0 Å². The number of hydrogen-bond acceptors (Lipinski definition) is 0. The normalized spacial score (nSPS) is 14.2. The first-order chi connectivity index (χ1) is 5.47. The second-order valence-corrected chi connectivity index (χ2v) is 4.70. The maximum absolute atomic E-state index is 2.31. The van der Waals surface area contributed by atoms with Crippen LogP contribution in [-0.2, 0) is 0 Å². The van der Waals surface area contributed by atoms with Crippen molar-refractivity contribution in [2.75, 3.05) is 0 Å². The Morgan fingerprint density at radius 1 is 0.818 bits per heavy atom. The summed E-state index contributed by atoms with van der Waals surface area (Å²) in [4.78, 5) is 0. The summed E-state index contributed by atoms with van der Waals surface area (Å²) in [6.45, 7) is 0. The van der Waals surface area contributed by atoms with Gasteiger partial charge in [0.25, 0.3) is 0 Å². The van der Waals surface area contributed by atoms with Crippen LogP contribution in [-0.4, -0.2) is 20.9 Å². The van der Waals surface area contributed by atoms with Gasteiger partial charge in [0.05, 0.1) is 0 Å². The van der Waals surface area contributed by atoms with E-state index in [-0.39, 0.29) is 20.9 Å². The number of benzene rings is 1. The van der Waals surface area contributed by atoms with Gasteiger partial charge in [-0.15, -0.1) is 0 Å². The van der Waals surface area contributed by atoms with E-state index in [1.807, 2.05) is 0 Å². The molecule has 1 aromatic rings. The summed E-state index contributed by atoms with van der Waals surface area (Å²) in [5, 5.41) is 0. The first kappa shape index (κ1) is 7.16. The molecule has 0 aliphatic carbocycles. The first-order valence-electron chi connectivity index (χ1n) is 3.54. The Balaban J connectivity index is 2.58. The summed E-state index contributed by atoms with van der Waals surface area (Å²) in [6, 6.07) is 8.49. The van der Waals surface area contributed by atoms with Gasteiger partial charge in [-0.25, -0.2) is 0 Å². The molecule has 0 radical (unpaired) electrons. The van der Waals surface area contributed by atoms with Gasteiger partial charge < -0.3 is 0 Å². The van der Waals surface area contributed by atoms with E-state index in [9.17, 15) is 0 Å². The Morgan fingerprint density at radius 3 is 1.91 bits per heavy atom. The van der Waals surface area contributed by atoms with Crippen molar-refractivity contribution in [1.29, 1.82) is 0 Å². The van der Waals surface area contributed by atoms with Gasteiger partial charge in [-0.2, -0.15) is 0 Å². The van der Waals surface area contributed by atoms with Crippen molar-refractivity contribution in [2.24, 2.45) is 0 Å². The summed E-state index contributed by atoms with van der Waals surface area (Å²) in [5.74, 6) is 0. The van der Waals surface area contributed by atoms with Crippen LogP contribution in [0, 0.1) is 0 Å². The molecule has 0 fully saturated rings. The van der Waals surface area contributed by atoms with E-state index in [1.54, 1.807) is 0 Å². The van der Waals surface area contributed by atoms with E-state index in [2.05, 4.69) is 44.7 Å². The second-order valence-electron chi connectivity index (χ2n) is 2.37. The standard InChI is InChI=1S/C10H8Te/c1-2-4-10-6-8-11-7-5-9(10)3-1/h1-8H. The van der Waals surface area contributed by atoms with Crippen LogP contribution in [0.1, 0.15) is 11.1 Å². The summed E-state index contributed by atoms with van der Waals surface area (Å²) < 4.78 is 4.63. The summed E-state index contributed by atoms with van der Waals surface area (Å²) in [5.41, 5.74) is 2.71. The van der Waals surface area contributed by atoms with Crippen molar-refractivity contribution < 1.29 is 0 Å². The third-order valence-electron chi connectivity index (χ3n) is 1.65. The molecule has 1 aliphatic rings. The first-order valence-corrected chi connectivity index (χ1v) is 6.23. The van der Waals surface area contributed by atoms with Crippen LogP contribution in [0.2, 0.25) is 0 Å². The van der Waals surface area contributed by atoms with Crippen molar-refractivity contribution in [3.05, 3.63) is 43.6 Å².